The lowest BCUT2D eigenvalue weighted by Crippen LogP contribution is -2.65. The summed E-state index contributed by atoms with van der Waals surface area (Å²) in [7, 11) is 3.17. The average molecular weight is 517 g/mol. The monoisotopic (exact) mass is 516 g/mol. The molecule has 38 heavy (non-hydrogen) atoms. The molecule has 1 fully saturated rings. The SMILES string of the molecule is COc1ccc(CN2C(=O)N(Cc3ccc(OC)cc3)[C@H](Cc3ccccc3)[C@H](O)[C@H]2/C=C/C(=O)O)cc1. The summed E-state index contributed by atoms with van der Waals surface area (Å²) in [6.45, 7) is 0.456. The van der Waals surface area contributed by atoms with Gasteiger partial charge in [0.05, 0.1) is 32.4 Å². The maximum atomic E-state index is 14.1. The Morgan fingerprint density at radius 2 is 1.34 bits per heavy atom. The number of hydrogen-bond acceptors (Lipinski definition) is 5. The number of carbonyl (C=O) groups excluding carboxylic acids is 1. The van der Waals surface area contributed by atoms with Crippen molar-refractivity contribution in [2.45, 2.75) is 37.7 Å². The molecule has 0 bridgehead atoms. The molecule has 1 heterocycles. The highest BCUT2D eigenvalue weighted by atomic mass is 16.5. The largest absolute Gasteiger partial charge is 0.497 e. The number of nitrogens with zero attached hydrogens (tertiary/aromatic N) is 2. The van der Waals surface area contributed by atoms with E-state index in [4.69, 9.17) is 9.47 Å². The second kappa shape index (κ2) is 12.3. The van der Waals surface area contributed by atoms with Crippen molar-refractivity contribution in [1.29, 1.82) is 0 Å². The summed E-state index contributed by atoms with van der Waals surface area (Å²) >= 11 is 0. The summed E-state index contributed by atoms with van der Waals surface area (Å²) in [5.41, 5.74) is 2.67. The molecule has 4 rings (SSSR count). The van der Waals surface area contributed by atoms with Gasteiger partial charge in [0.1, 0.15) is 11.5 Å². The Labute approximate surface area is 222 Å². The Morgan fingerprint density at radius 1 is 0.816 bits per heavy atom. The van der Waals surface area contributed by atoms with Crippen LogP contribution in [0, 0.1) is 0 Å². The van der Waals surface area contributed by atoms with Crippen LogP contribution < -0.4 is 9.47 Å². The van der Waals surface area contributed by atoms with Crippen molar-refractivity contribution in [3.63, 3.8) is 0 Å². The van der Waals surface area contributed by atoms with E-state index in [1.165, 1.54) is 11.0 Å². The second-order valence-corrected chi connectivity index (χ2v) is 9.17. The first-order valence-electron chi connectivity index (χ1n) is 12.4. The van der Waals surface area contributed by atoms with Crippen molar-refractivity contribution < 1.29 is 29.3 Å². The zero-order chi connectivity index (χ0) is 27.1. The van der Waals surface area contributed by atoms with Gasteiger partial charge < -0.3 is 29.5 Å². The van der Waals surface area contributed by atoms with Gasteiger partial charge in [0, 0.05) is 19.2 Å². The Hall–Kier alpha value is -4.30. The van der Waals surface area contributed by atoms with Crippen molar-refractivity contribution in [2.75, 3.05) is 14.2 Å². The molecule has 8 nitrogen and oxygen atoms in total. The third kappa shape index (κ3) is 6.33. The number of aliphatic hydroxyl groups excluding tert-OH is 1. The fourth-order valence-corrected chi connectivity index (χ4v) is 4.73. The normalized spacial score (nSPS) is 19.6. The van der Waals surface area contributed by atoms with Crippen molar-refractivity contribution in [3.05, 3.63) is 108 Å². The van der Waals surface area contributed by atoms with Crippen LogP contribution in [-0.2, 0) is 24.3 Å². The van der Waals surface area contributed by atoms with Crippen LogP contribution in [0.25, 0.3) is 0 Å². The van der Waals surface area contributed by atoms with Crippen LogP contribution in [0.1, 0.15) is 16.7 Å². The quantitative estimate of drug-likeness (QED) is 0.393. The van der Waals surface area contributed by atoms with Gasteiger partial charge in [0.15, 0.2) is 0 Å². The minimum absolute atomic E-state index is 0.186. The number of carbonyl (C=O) groups is 2. The molecule has 2 amide bonds. The molecule has 8 heteroatoms. The number of aliphatic hydroxyl groups is 1. The van der Waals surface area contributed by atoms with Gasteiger partial charge in [-0.1, -0.05) is 60.7 Å². The zero-order valence-electron chi connectivity index (χ0n) is 21.4. The third-order valence-corrected chi connectivity index (χ3v) is 6.74. The van der Waals surface area contributed by atoms with Crippen LogP contribution in [0.3, 0.4) is 0 Å². The van der Waals surface area contributed by atoms with Gasteiger partial charge in [0.25, 0.3) is 0 Å². The lowest BCUT2D eigenvalue weighted by molar-refractivity contribution is -0.131. The van der Waals surface area contributed by atoms with E-state index < -0.39 is 24.2 Å². The van der Waals surface area contributed by atoms with E-state index in [1.54, 1.807) is 31.3 Å². The number of carboxylic acid groups (broad SMARTS) is 1. The Morgan fingerprint density at radius 3 is 1.84 bits per heavy atom. The number of ether oxygens (including phenoxy) is 2. The minimum Gasteiger partial charge on any atom is -0.497 e. The van der Waals surface area contributed by atoms with Gasteiger partial charge in [-0.2, -0.15) is 0 Å². The van der Waals surface area contributed by atoms with Gasteiger partial charge in [-0.3, -0.25) is 0 Å². The number of urea groups is 1. The summed E-state index contributed by atoms with van der Waals surface area (Å²) < 4.78 is 10.5. The predicted octanol–water partition coefficient (Wildman–Crippen LogP) is 4.12. The maximum Gasteiger partial charge on any atom is 0.328 e. The fourth-order valence-electron chi connectivity index (χ4n) is 4.73. The molecule has 1 aliphatic rings. The van der Waals surface area contributed by atoms with E-state index in [0.29, 0.717) is 17.9 Å². The van der Waals surface area contributed by atoms with Crippen molar-refractivity contribution in [3.8, 4) is 11.5 Å². The van der Waals surface area contributed by atoms with Crippen LogP contribution >= 0.6 is 0 Å². The average Bonchev–Trinajstić information content (AvgIpc) is 2.94. The van der Waals surface area contributed by atoms with E-state index in [0.717, 1.165) is 22.8 Å². The number of carboxylic acids is 1. The number of methoxy groups -OCH3 is 2. The highest BCUT2D eigenvalue weighted by molar-refractivity contribution is 5.81. The predicted molar refractivity (Wildman–Crippen MR) is 143 cm³/mol. The summed E-state index contributed by atoms with van der Waals surface area (Å²) in [6.07, 6.45) is 1.76. The zero-order valence-corrected chi connectivity index (χ0v) is 21.4. The molecular formula is C30H32N2O6. The number of benzene rings is 3. The second-order valence-electron chi connectivity index (χ2n) is 9.17. The van der Waals surface area contributed by atoms with E-state index in [1.807, 2.05) is 66.7 Å². The molecule has 0 unspecified atom stereocenters. The molecule has 0 radical (unpaired) electrons. The van der Waals surface area contributed by atoms with Crippen LogP contribution in [-0.4, -0.2) is 64.4 Å². The number of rotatable bonds is 10. The molecule has 0 saturated carbocycles. The minimum atomic E-state index is -1.14. The first kappa shape index (κ1) is 26.8. The molecule has 1 saturated heterocycles. The molecule has 198 valence electrons. The molecule has 3 aromatic carbocycles. The summed E-state index contributed by atoms with van der Waals surface area (Å²) in [5, 5.41) is 21.0. The molecule has 3 atom stereocenters. The summed E-state index contributed by atoms with van der Waals surface area (Å²) in [6, 6.07) is 22.7. The van der Waals surface area contributed by atoms with Crippen molar-refractivity contribution in [2.24, 2.45) is 0 Å². The van der Waals surface area contributed by atoms with E-state index in [-0.39, 0.29) is 19.1 Å². The number of hydrogen-bond donors (Lipinski definition) is 2. The Bertz CT molecular complexity index is 1240. The summed E-state index contributed by atoms with van der Waals surface area (Å²) in [5.74, 6) is 0.249. The topological polar surface area (TPSA) is 99.5 Å². The van der Waals surface area contributed by atoms with Crippen LogP contribution in [0.2, 0.25) is 0 Å². The van der Waals surface area contributed by atoms with E-state index >= 15 is 0 Å². The van der Waals surface area contributed by atoms with Gasteiger partial charge in [-0.25, -0.2) is 9.59 Å². The molecule has 2 N–H and O–H groups in total. The van der Waals surface area contributed by atoms with Crippen LogP contribution in [0.4, 0.5) is 4.79 Å². The lowest BCUT2D eigenvalue weighted by Gasteiger charge is -2.48. The standard InChI is InChI=1S/C30H32N2O6/c1-37-24-12-8-22(9-13-24)19-31-26(16-17-28(33)34)29(35)27(18-21-6-4-3-5-7-21)32(30(31)36)20-23-10-14-25(38-2)15-11-23/h3-17,26-27,29,35H,18-20H2,1-2H3,(H,33,34)/b17-16+/t26-,27-,29-/m1/s1. The molecule has 0 spiro atoms. The van der Waals surface area contributed by atoms with Gasteiger partial charge in [0.2, 0.25) is 0 Å². The Kier molecular flexibility index (Phi) is 8.66. The number of aliphatic carboxylic acids is 1. The molecule has 0 aromatic heterocycles. The molecule has 0 aliphatic carbocycles. The Balaban J connectivity index is 1.71. The van der Waals surface area contributed by atoms with Gasteiger partial charge in [-0.05, 0) is 47.4 Å². The van der Waals surface area contributed by atoms with Gasteiger partial charge >= 0.3 is 12.0 Å². The van der Waals surface area contributed by atoms with Crippen molar-refractivity contribution >= 4 is 12.0 Å². The smallest absolute Gasteiger partial charge is 0.328 e. The van der Waals surface area contributed by atoms with Crippen LogP contribution in [0.5, 0.6) is 11.5 Å². The third-order valence-electron chi connectivity index (χ3n) is 6.74. The first-order valence-corrected chi connectivity index (χ1v) is 12.4. The lowest BCUT2D eigenvalue weighted by atomic mass is 9.90. The molecule has 1 aliphatic heterocycles. The molecular weight excluding hydrogens is 484 g/mol. The molecule has 3 aromatic rings. The highest BCUT2D eigenvalue weighted by Gasteiger charge is 2.45. The maximum absolute atomic E-state index is 14.1. The number of amides is 2. The summed E-state index contributed by atoms with van der Waals surface area (Å²) in [4.78, 5) is 28.7. The van der Waals surface area contributed by atoms with Gasteiger partial charge in [-0.15, -0.1) is 0 Å². The highest BCUT2D eigenvalue weighted by Crippen LogP contribution is 2.30. The fraction of sp³-hybridized carbons (Fsp3) is 0.267. The van der Waals surface area contributed by atoms with E-state index in [9.17, 15) is 19.8 Å². The van der Waals surface area contributed by atoms with E-state index in [2.05, 4.69) is 0 Å². The van der Waals surface area contributed by atoms with Crippen LogP contribution in [0.15, 0.2) is 91.0 Å². The van der Waals surface area contributed by atoms with Crippen molar-refractivity contribution in [1.82, 2.24) is 9.80 Å². The first-order chi connectivity index (χ1) is 18.4.